The van der Waals surface area contributed by atoms with Crippen molar-refractivity contribution in [1.29, 1.82) is 0 Å². The number of carbonyl (C=O) groups is 1. The van der Waals surface area contributed by atoms with Gasteiger partial charge in [-0.15, -0.1) is 0 Å². The Kier molecular flexibility index (Phi) is 4.81. The maximum atomic E-state index is 11.9. The van der Waals surface area contributed by atoms with Crippen LogP contribution in [-0.2, 0) is 11.3 Å². The Hall–Kier alpha value is -2.40. The predicted octanol–water partition coefficient (Wildman–Crippen LogP) is 2.89. The molecule has 5 heteroatoms. The third-order valence-corrected chi connectivity index (χ3v) is 4.54. The van der Waals surface area contributed by atoms with Crippen molar-refractivity contribution >= 4 is 5.97 Å². The van der Waals surface area contributed by atoms with Crippen molar-refractivity contribution < 1.29 is 14.6 Å². The molecule has 1 fully saturated rings. The number of aromatic nitrogens is 1. The number of likely N-dealkylation sites (tertiary alicyclic amines) is 1. The van der Waals surface area contributed by atoms with Gasteiger partial charge in [0.25, 0.3) is 0 Å². The molecule has 0 amide bonds. The van der Waals surface area contributed by atoms with Crippen molar-refractivity contribution in [1.82, 2.24) is 9.88 Å². The van der Waals surface area contributed by atoms with Gasteiger partial charge in [-0.25, -0.2) is 4.79 Å². The highest BCUT2D eigenvalue weighted by Gasteiger charge is 2.44. The molecule has 2 aromatic rings. The summed E-state index contributed by atoms with van der Waals surface area (Å²) in [5, 5.41) is 9.73. The van der Waals surface area contributed by atoms with Crippen LogP contribution in [0.2, 0.25) is 0 Å². The highest BCUT2D eigenvalue weighted by atomic mass is 16.5. The first-order chi connectivity index (χ1) is 11.6. The van der Waals surface area contributed by atoms with E-state index in [1.54, 1.807) is 12.4 Å². The molecule has 1 aliphatic rings. The van der Waals surface area contributed by atoms with Crippen molar-refractivity contribution in [3.8, 4) is 5.75 Å². The first-order valence-corrected chi connectivity index (χ1v) is 8.18. The van der Waals surface area contributed by atoms with E-state index in [0.29, 0.717) is 31.7 Å². The van der Waals surface area contributed by atoms with Crippen LogP contribution < -0.4 is 4.74 Å². The Morgan fingerprint density at radius 2 is 1.79 bits per heavy atom. The van der Waals surface area contributed by atoms with E-state index in [4.69, 9.17) is 4.74 Å². The third-order valence-electron chi connectivity index (χ3n) is 4.54. The fourth-order valence-corrected chi connectivity index (χ4v) is 3.01. The molecule has 0 unspecified atom stereocenters. The standard InChI is InChI=1S/C19H22N2O3/c1-15-2-4-17(5-3-15)24-19(18(22)23)8-12-21(13-9-19)14-16-6-10-20-11-7-16/h2-7,10-11H,8-9,12-14H2,1H3,(H,22,23). The minimum atomic E-state index is -1.13. The molecule has 1 aromatic carbocycles. The monoisotopic (exact) mass is 326 g/mol. The summed E-state index contributed by atoms with van der Waals surface area (Å²) in [7, 11) is 0. The normalized spacial score (nSPS) is 17.4. The molecule has 0 saturated carbocycles. The van der Waals surface area contributed by atoms with Crippen molar-refractivity contribution in [2.45, 2.75) is 31.9 Å². The van der Waals surface area contributed by atoms with Crippen molar-refractivity contribution in [3.63, 3.8) is 0 Å². The van der Waals surface area contributed by atoms with E-state index in [0.717, 1.165) is 12.1 Å². The van der Waals surface area contributed by atoms with Gasteiger partial charge < -0.3 is 9.84 Å². The lowest BCUT2D eigenvalue weighted by Gasteiger charge is -2.38. The molecule has 0 bridgehead atoms. The summed E-state index contributed by atoms with van der Waals surface area (Å²) in [6.45, 7) is 4.19. The number of carboxylic acids is 1. The molecule has 2 heterocycles. The van der Waals surface area contributed by atoms with E-state index in [1.165, 1.54) is 5.56 Å². The quantitative estimate of drug-likeness (QED) is 0.915. The molecule has 1 aliphatic heterocycles. The van der Waals surface area contributed by atoms with E-state index in [1.807, 2.05) is 43.3 Å². The van der Waals surface area contributed by atoms with Crippen LogP contribution in [-0.4, -0.2) is 39.7 Å². The Morgan fingerprint density at radius 3 is 2.38 bits per heavy atom. The molecule has 0 aliphatic carbocycles. The van der Waals surface area contributed by atoms with Gasteiger partial charge in [-0.1, -0.05) is 17.7 Å². The summed E-state index contributed by atoms with van der Waals surface area (Å²) in [5.41, 5.74) is 1.18. The van der Waals surface area contributed by atoms with Crippen LogP contribution in [0.3, 0.4) is 0 Å². The van der Waals surface area contributed by atoms with Gasteiger partial charge in [0.15, 0.2) is 0 Å². The van der Waals surface area contributed by atoms with Gasteiger partial charge in [-0.3, -0.25) is 9.88 Å². The van der Waals surface area contributed by atoms with Crippen molar-refractivity contribution in [2.75, 3.05) is 13.1 Å². The molecule has 0 spiro atoms. The maximum absolute atomic E-state index is 11.9. The van der Waals surface area contributed by atoms with E-state index in [-0.39, 0.29) is 0 Å². The SMILES string of the molecule is Cc1ccc(OC2(C(=O)O)CCN(Cc3ccncc3)CC2)cc1. The van der Waals surface area contributed by atoms with Gasteiger partial charge in [0, 0.05) is 44.9 Å². The fourth-order valence-electron chi connectivity index (χ4n) is 3.01. The highest BCUT2D eigenvalue weighted by molar-refractivity contribution is 5.78. The van der Waals surface area contributed by atoms with Crippen molar-refractivity contribution in [3.05, 3.63) is 59.9 Å². The predicted molar refractivity (Wildman–Crippen MR) is 90.9 cm³/mol. The second-order valence-corrected chi connectivity index (χ2v) is 6.35. The molecule has 5 nitrogen and oxygen atoms in total. The lowest BCUT2D eigenvalue weighted by atomic mass is 9.90. The summed E-state index contributed by atoms with van der Waals surface area (Å²) in [6, 6.07) is 11.5. The zero-order valence-corrected chi connectivity index (χ0v) is 13.8. The van der Waals surface area contributed by atoms with Crippen molar-refractivity contribution in [2.24, 2.45) is 0 Å². The van der Waals surface area contributed by atoms with Gasteiger partial charge in [0.05, 0.1) is 0 Å². The highest BCUT2D eigenvalue weighted by Crippen LogP contribution is 2.30. The smallest absolute Gasteiger partial charge is 0.348 e. The van der Waals surface area contributed by atoms with Gasteiger partial charge >= 0.3 is 5.97 Å². The number of hydrogen-bond acceptors (Lipinski definition) is 4. The second kappa shape index (κ2) is 7.01. The first-order valence-electron chi connectivity index (χ1n) is 8.18. The van der Waals surface area contributed by atoms with Crippen LogP contribution in [0.25, 0.3) is 0 Å². The number of aryl methyl sites for hydroxylation is 1. The van der Waals surface area contributed by atoms with Crippen LogP contribution in [0, 0.1) is 6.92 Å². The molecular weight excluding hydrogens is 304 g/mol. The summed E-state index contributed by atoms with van der Waals surface area (Å²) in [5.74, 6) is -0.266. The third kappa shape index (κ3) is 3.74. The van der Waals surface area contributed by atoms with E-state index < -0.39 is 11.6 Å². The zero-order valence-electron chi connectivity index (χ0n) is 13.8. The minimum Gasteiger partial charge on any atom is -0.478 e. The Balaban J connectivity index is 1.65. The summed E-state index contributed by atoms with van der Waals surface area (Å²) < 4.78 is 5.92. The average Bonchev–Trinajstić information content (AvgIpc) is 2.59. The van der Waals surface area contributed by atoms with Gasteiger partial charge in [-0.2, -0.15) is 0 Å². The van der Waals surface area contributed by atoms with Gasteiger partial charge in [0.2, 0.25) is 5.60 Å². The summed E-state index contributed by atoms with van der Waals surface area (Å²) in [6.07, 6.45) is 4.51. The Labute approximate surface area is 141 Å². The molecule has 1 aromatic heterocycles. The molecule has 0 radical (unpaired) electrons. The largest absolute Gasteiger partial charge is 0.478 e. The number of carboxylic acid groups (broad SMARTS) is 1. The number of pyridine rings is 1. The minimum absolute atomic E-state index is 0.474. The van der Waals surface area contributed by atoms with E-state index >= 15 is 0 Å². The van der Waals surface area contributed by atoms with Crippen LogP contribution in [0.1, 0.15) is 24.0 Å². The van der Waals surface area contributed by atoms with Crippen LogP contribution in [0.4, 0.5) is 0 Å². The molecule has 0 atom stereocenters. The summed E-state index contributed by atoms with van der Waals surface area (Å²) >= 11 is 0. The fraction of sp³-hybridized carbons (Fsp3) is 0.368. The molecule has 126 valence electrons. The number of benzene rings is 1. The summed E-state index contributed by atoms with van der Waals surface area (Å²) in [4.78, 5) is 18.1. The lowest BCUT2D eigenvalue weighted by molar-refractivity contribution is -0.159. The molecule has 1 saturated heterocycles. The average molecular weight is 326 g/mol. The number of rotatable bonds is 5. The topological polar surface area (TPSA) is 62.7 Å². The number of aliphatic carboxylic acids is 1. The number of nitrogens with zero attached hydrogens (tertiary/aromatic N) is 2. The van der Waals surface area contributed by atoms with E-state index in [2.05, 4.69) is 9.88 Å². The number of piperidine rings is 1. The second-order valence-electron chi connectivity index (χ2n) is 6.35. The van der Waals surface area contributed by atoms with E-state index in [9.17, 15) is 9.90 Å². The Morgan fingerprint density at radius 1 is 1.17 bits per heavy atom. The van der Waals surface area contributed by atoms with Crippen LogP contribution in [0.5, 0.6) is 5.75 Å². The van der Waals surface area contributed by atoms with Gasteiger partial charge in [0.1, 0.15) is 5.75 Å². The maximum Gasteiger partial charge on any atom is 0.348 e. The molecule has 24 heavy (non-hydrogen) atoms. The molecule has 1 N–H and O–H groups in total. The van der Waals surface area contributed by atoms with Gasteiger partial charge in [-0.05, 0) is 36.8 Å². The lowest BCUT2D eigenvalue weighted by Crippen LogP contribution is -2.53. The molecular formula is C19H22N2O3. The first kappa shape index (κ1) is 16.5. The van der Waals surface area contributed by atoms with Crippen LogP contribution >= 0.6 is 0 Å². The number of ether oxygens (including phenoxy) is 1. The molecule has 3 rings (SSSR count). The van der Waals surface area contributed by atoms with Crippen LogP contribution in [0.15, 0.2) is 48.8 Å². The number of hydrogen-bond donors (Lipinski definition) is 1. The Bertz CT molecular complexity index is 678. The zero-order chi connectivity index (χ0) is 17.0.